The van der Waals surface area contributed by atoms with E-state index in [9.17, 15) is 0 Å². The van der Waals surface area contributed by atoms with E-state index >= 15 is 0 Å². The van der Waals surface area contributed by atoms with E-state index in [1.54, 1.807) is 4.52 Å². The standard InChI is InChI=1S/C15H21IN4O/c1-19(9-5-2-4-8-16)11-12-21-15-14(17)13-7-3-6-10-20(13)18-15/h2-4,6-7,10H,5,8-9,11-12,17H2,1H3/b4-2-. The van der Waals surface area contributed by atoms with Crippen molar-refractivity contribution in [3.63, 3.8) is 0 Å². The second-order valence-electron chi connectivity index (χ2n) is 4.82. The summed E-state index contributed by atoms with van der Waals surface area (Å²) in [6.45, 7) is 2.46. The summed E-state index contributed by atoms with van der Waals surface area (Å²) in [5, 5.41) is 4.33. The summed E-state index contributed by atoms with van der Waals surface area (Å²) in [4.78, 5) is 2.24. The summed E-state index contributed by atoms with van der Waals surface area (Å²) in [7, 11) is 2.09. The Balaban J connectivity index is 1.79. The van der Waals surface area contributed by atoms with Crippen molar-refractivity contribution in [3.8, 4) is 5.88 Å². The quantitative estimate of drug-likeness (QED) is 0.421. The normalized spacial score (nSPS) is 11.8. The number of halogens is 1. The van der Waals surface area contributed by atoms with Gasteiger partial charge < -0.3 is 15.4 Å². The van der Waals surface area contributed by atoms with Gasteiger partial charge in [0.05, 0.1) is 5.52 Å². The Morgan fingerprint density at radius 2 is 2.24 bits per heavy atom. The molecule has 0 bridgehead atoms. The third-order valence-electron chi connectivity index (χ3n) is 3.19. The Morgan fingerprint density at radius 1 is 1.38 bits per heavy atom. The number of aromatic nitrogens is 2. The Bertz CT molecular complexity index is 596. The van der Waals surface area contributed by atoms with E-state index in [0.29, 0.717) is 18.2 Å². The topological polar surface area (TPSA) is 55.8 Å². The minimum Gasteiger partial charge on any atom is -0.474 e. The van der Waals surface area contributed by atoms with Crippen molar-refractivity contribution < 1.29 is 4.74 Å². The summed E-state index contributed by atoms with van der Waals surface area (Å²) in [6, 6.07) is 5.79. The highest BCUT2D eigenvalue weighted by atomic mass is 127. The second-order valence-corrected chi connectivity index (χ2v) is 5.70. The number of allylic oxidation sites excluding steroid dienone is 1. The number of anilines is 1. The van der Waals surface area contributed by atoms with Crippen LogP contribution < -0.4 is 10.5 Å². The average Bonchev–Trinajstić information content (AvgIpc) is 2.81. The van der Waals surface area contributed by atoms with E-state index in [-0.39, 0.29) is 0 Å². The Hall–Kier alpha value is -1.28. The molecule has 0 radical (unpaired) electrons. The number of likely N-dealkylation sites (N-methyl/N-ethyl adjacent to an activating group) is 1. The van der Waals surface area contributed by atoms with Gasteiger partial charge in [0.2, 0.25) is 0 Å². The van der Waals surface area contributed by atoms with E-state index in [1.807, 2.05) is 24.4 Å². The first-order valence-electron chi connectivity index (χ1n) is 6.97. The van der Waals surface area contributed by atoms with Crippen LogP contribution in [0.4, 0.5) is 5.69 Å². The molecule has 0 aliphatic rings. The lowest BCUT2D eigenvalue weighted by Crippen LogP contribution is -2.25. The average molecular weight is 400 g/mol. The lowest BCUT2D eigenvalue weighted by molar-refractivity contribution is 0.234. The zero-order chi connectivity index (χ0) is 15.1. The Kier molecular flexibility index (Phi) is 6.31. The number of nitrogen functional groups attached to an aromatic ring is 1. The van der Waals surface area contributed by atoms with Crippen LogP contribution in [0.5, 0.6) is 5.88 Å². The van der Waals surface area contributed by atoms with Gasteiger partial charge in [0.25, 0.3) is 5.88 Å². The number of hydrogen-bond donors (Lipinski definition) is 1. The predicted octanol–water partition coefficient (Wildman–Crippen LogP) is 2.61. The number of nitrogens with two attached hydrogens (primary N) is 1. The molecule has 0 unspecified atom stereocenters. The molecule has 5 nitrogen and oxygen atoms in total. The molecular weight excluding hydrogens is 379 g/mol. The smallest absolute Gasteiger partial charge is 0.257 e. The van der Waals surface area contributed by atoms with Crippen molar-refractivity contribution >= 4 is 33.8 Å². The molecule has 0 aromatic carbocycles. The molecule has 0 aliphatic carbocycles. The summed E-state index contributed by atoms with van der Waals surface area (Å²) in [5.74, 6) is 0.513. The number of hydrogen-bond acceptors (Lipinski definition) is 4. The summed E-state index contributed by atoms with van der Waals surface area (Å²) in [6.07, 6.45) is 7.33. The van der Waals surface area contributed by atoms with Crippen LogP contribution in [-0.2, 0) is 0 Å². The van der Waals surface area contributed by atoms with Gasteiger partial charge in [-0.1, -0.05) is 40.8 Å². The number of alkyl halides is 1. The van der Waals surface area contributed by atoms with Gasteiger partial charge in [0.1, 0.15) is 12.3 Å². The number of rotatable bonds is 8. The van der Waals surface area contributed by atoms with E-state index in [0.717, 1.165) is 29.5 Å². The van der Waals surface area contributed by atoms with Gasteiger partial charge in [-0.15, -0.1) is 5.10 Å². The van der Waals surface area contributed by atoms with Gasteiger partial charge in [0, 0.05) is 23.7 Å². The van der Waals surface area contributed by atoms with Gasteiger partial charge in [0.15, 0.2) is 0 Å². The third kappa shape index (κ3) is 4.60. The Labute approximate surface area is 138 Å². The lowest BCUT2D eigenvalue weighted by atomic mass is 10.3. The monoisotopic (exact) mass is 400 g/mol. The molecule has 0 fully saturated rings. The number of pyridine rings is 1. The molecule has 2 N–H and O–H groups in total. The van der Waals surface area contributed by atoms with Gasteiger partial charge in [-0.3, -0.25) is 0 Å². The minimum absolute atomic E-state index is 0.513. The summed E-state index contributed by atoms with van der Waals surface area (Å²) in [5.41, 5.74) is 7.52. The molecule has 2 aromatic heterocycles. The molecule has 21 heavy (non-hydrogen) atoms. The maximum atomic E-state index is 6.04. The lowest BCUT2D eigenvalue weighted by Gasteiger charge is -2.15. The fourth-order valence-corrected chi connectivity index (χ4v) is 2.35. The molecule has 0 aliphatic heterocycles. The zero-order valence-electron chi connectivity index (χ0n) is 12.2. The molecular formula is C15H21IN4O. The molecule has 0 saturated carbocycles. The van der Waals surface area contributed by atoms with Crippen LogP contribution in [0, 0.1) is 0 Å². The summed E-state index contributed by atoms with van der Waals surface area (Å²) >= 11 is 2.34. The molecule has 0 amide bonds. The Morgan fingerprint density at radius 3 is 3.00 bits per heavy atom. The first-order chi connectivity index (χ1) is 10.2. The van der Waals surface area contributed by atoms with E-state index in [4.69, 9.17) is 10.5 Å². The van der Waals surface area contributed by atoms with E-state index < -0.39 is 0 Å². The molecule has 0 saturated heterocycles. The van der Waals surface area contributed by atoms with Crippen molar-refractivity contribution in [3.05, 3.63) is 36.5 Å². The van der Waals surface area contributed by atoms with E-state index in [2.05, 4.69) is 51.8 Å². The zero-order valence-corrected chi connectivity index (χ0v) is 14.4. The third-order valence-corrected chi connectivity index (χ3v) is 3.70. The molecule has 2 heterocycles. The maximum absolute atomic E-state index is 6.04. The van der Waals surface area contributed by atoms with Crippen molar-refractivity contribution in [2.24, 2.45) is 0 Å². The van der Waals surface area contributed by atoms with Gasteiger partial charge in [-0.05, 0) is 25.6 Å². The maximum Gasteiger partial charge on any atom is 0.257 e. The molecule has 0 spiro atoms. The highest BCUT2D eigenvalue weighted by molar-refractivity contribution is 14.1. The second kappa shape index (κ2) is 8.23. The fourth-order valence-electron chi connectivity index (χ4n) is 1.99. The van der Waals surface area contributed by atoms with Crippen molar-refractivity contribution in [1.82, 2.24) is 14.5 Å². The van der Waals surface area contributed by atoms with Gasteiger partial charge in [-0.25, -0.2) is 4.52 Å². The van der Waals surface area contributed by atoms with Crippen molar-refractivity contribution in [2.75, 3.05) is 36.9 Å². The van der Waals surface area contributed by atoms with Crippen LogP contribution in [0.1, 0.15) is 6.42 Å². The first kappa shape index (κ1) is 16.1. The molecule has 114 valence electrons. The SMILES string of the molecule is CN(CC/C=C\CI)CCOc1nn2ccccc2c1N. The predicted molar refractivity (Wildman–Crippen MR) is 95.2 cm³/mol. The molecule has 2 rings (SSSR count). The van der Waals surface area contributed by atoms with Crippen LogP contribution in [0.2, 0.25) is 0 Å². The number of nitrogens with zero attached hydrogens (tertiary/aromatic N) is 3. The van der Waals surface area contributed by atoms with Gasteiger partial charge >= 0.3 is 0 Å². The van der Waals surface area contributed by atoms with E-state index in [1.165, 1.54) is 0 Å². The number of ether oxygens (including phenoxy) is 1. The summed E-state index contributed by atoms with van der Waals surface area (Å²) < 4.78 is 8.51. The molecule has 2 aromatic rings. The van der Waals surface area contributed by atoms with Crippen LogP contribution in [-0.4, -0.2) is 45.7 Å². The van der Waals surface area contributed by atoms with Crippen LogP contribution >= 0.6 is 22.6 Å². The fraction of sp³-hybridized carbons (Fsp3) is 0.400. The number of fused-ring (bicyclic) bond motifs is 1. The highest BCUT2D eigenvalue weighted by Gasteiger charge is 2.10. The molecule has 6 heteroatoms. The first-order valence-corrected chi connectivity index (χ1v) is 8.50. The molecule has 0 atom stereocenters. The van der Waals surface area contributed by atoms with Gasteiger partial charge in [-0.2, -0.15) is 0 Å². The van der Waals surface area contributed by atoms with Crippen molar-refractivity contribution in [2.45, 2.75) is 6.42 Å². The van der Waals surface area contributed by atoms with Crippen LogP contribution in [0.25, 0.3) is 5.52 Å². The van der Waals surface area contributed by atoms with Crippen LogP contribution in [0.15, 0.2) is 36.5 Å². The van der Waals surface area contributed by atoms with Crippen molar-refractivity contribution in [1.29, 1.82) is 0 Å². The highest BCUT2D eigenvalue weighted by Crippen LogP contribution is 2.24. The van der Waals surface area contributed by atoms with Crippen LogP contribution in [0.3, 0.4) is 0 Å². The minimum atomic E-state index is 0.513. The largest absolute Gasteiger partial charge is 0.474 e.